The van der Waals surface area contributed by atoms with Crippen molar-refractivity contribution in [1.29, 1.82) is 0 Å². The van der Waals surface area contributed by atoms with Crippen LogP contribution in [0.15, 0.2) is 24.3 Å². The molecule has 0 aliphatic rings. The number of urea groups is 1. The summed E-state index contributed by atoms with van der Waals surface area (Å²) in [6.07, 6.45) is 1.16. The Kier molecular flexibility index (Phi) is 5.75. The fraction of sp³-hybridized carbons (Fsp3) is 0.421. The zero-order chi connectivity index (χ0) is 19.4. The second-order valence-electron chi connectivity index (χ2n) is 6.77. The smallest absolute Gasteiger partial charge is 0.314 e. The molecule has 2 amide bonds. The molecule has 0 atom stereocenters. The van der Waals surface area contributed by atoms with E-state index in [0.29, 0.717) is 30.8 Å². The van der Waals surface area contributed by atoms with E-state index in [1.807, 2.05) is 38.1 Å². The second-order valence-corrected chi connectivity index (χ2v) is 6.77. The Balaban J connectivity index is 1.88. The van der Waals surface area contributed by atoms with Crippen molar-refractivity contribution in [3.05, 3.63) is 30.1 Å². The van der Waals surface area contributed by atoms with Gasteiger partial charge in [0.25, 0.3) is 0 Å². The summed E-state index contributed by atoms with van der Waals surface area (Å²) >= 11 is 0. The number of amides is 2. The Labute approximate surface area is 157 Å². The second kappa shape index (κ2) is 8.22. The molecule has 1 aromatic carbocycles. The van der Waals surface area contributed by atoms with Crippen LogP contribution in [0.5, 0.6) is 0 Å². The van der Waals surface area contributed by atoms with Gasteiger partial charge in [0.1, 0.15) is 11.3 Å². The number of nitrogens with one attached hydrogen (secondary N) is 2. The number of carbonyl (C=O) groups excluding carboxylic acids is 1. The van der Waals surface area contributed by atoms with E-state index in [2.05, 4.69) is 25.2 Å². The van der Waals surface area contributed by atoms with Gasteiger partial charge >= 0.3 is 6.03 Å². The first-order valence-electron chi connectivity index (χ1n) is 9.19. The zero-order valence-electron chi connectivity index (χ0n) is 15.7. The molecule has 2 aromatic heterocycles. The van der Waals surface area contributed by atoms with Crippen molar-refractivity contribution in [3.8, 4) is 0 Å². The predicted molar refractivity (Wildman–Crippen MR) is 107 cm³/mol. The first-order chi connectivity index (χ1) is 13.0. The number of aliphatic hydroxyl groups excluding tert-OH is 1. The van der Waals surface area contributed by atoms with Crippen LogP contribution < -0.4 is 16.4 Å². The molecule has 3 aromatic rings. The van der Waals surface area contributed by atoms with Crippen LogP contribution in [0.2, 0.25) is 0 Å². The first-order valence-corrected chi connectivity index (χ1v) is 9.19. The van der Waals surface area contributed by atoms with E-state index in [1.165, 1.54) is 0 Å². The number of benzene rings is 1. The van der Waals surface area contributed by atoms with E-state index in [-0.39, 0.29) is 18.7 Å². The molecule has 144 valence electrons. The predicted octanol–water partition coefficient (Wildman–Crippen LogP) is 1.80. The van der Waals surface area contributed by atoms with Crippen LogP contribution in [0.4, 0.5) is 10.6 Å². The number of aryl methyl sites for hydroxylation is 1. The molecule has 2 heterocycles. The lowest BCUT2D eigenvalue weighted by Gasteiger charge is -2.12. The highest BCUT2D eigenvalue weighted by Crippen LogP contribution is 2.29. The van der Waals surface area contributed by atoms with Gasteiger partial charge in [0.05, 0.1) is 17.6 Å². The molecule has 0 fully saturated rings. The van der Waals surface area contributed by atoms with Gasteiger partial charge in [0, 0.05) is 30.9 Å². The number of aliphatic hydroxyl groups is 1. The van der Waals surface area contributed by atoms with Gasteiger partial charge in [0.15, 0.2) is 5.82 Å². The Morgan fingerprint density at radius 3 is 2.81 bits per heavy atom. The molecule has 0 aliphatic carbocycles. The number of anilines is 1. The zero-order valence-corrected chi connectivity index (χ0v) is 15.7. The average Bonchev–Trinajstić information content (AvgIpc) is 2.98. The number of nitrogen functional groups attached to an aromatic ring is 1. The maximum atomic E-state index is 11.7. The summed E-state index contributed by atoms with van der Waals surface area (Å²) in [5, 5.41) is 16.0. The molecule has 0 aliphatic heterocycles. The van der Waals surface area contributed by atoms with Crippen molar-refractivity contribution in [2.75, 3.05) is 18.9 Å². The van der Waals surface area contributed by atoms with Crippen molar-refractivity contribution in [3.63, 3.8) is 0 Å². The van der Waals surface area contributed by atoms with E-state index in [9.17, 15) is 9.90 Å². The molecule has 27 heavy (non-hydrogen) atoms. The Morgan fingerprint density at radius 1 is 1.30 bits per heavy atom. The number of imidazole rings is 1. The van der Waals surface area contributed by atoms with E-state index in [1.54, 1.807) is 0 Å². The third-order valence-electron chi connectivity index (χ3n) is 4.29. The molecule has 8 nitrogen and oxygen atoms in total. The van der Waals surface area contributed by atoms with Crippen molar-refractivity contribution in [2.24, 2.45) is 0 Å². The number of hydrogen-bond acceptors (Lipinski definition) is 5. The number of fused-ring (bicyclic) bond motifs is 3. The summed E-state index contributed by atoms with van der Waals surface area (Å²) in [5.74, 6) is 1.15. The lowest BCUT2D eigenvalue weighted by Crippen LogP contribution is -2.40. The largest absolute Gasteiger partial charge is 0.396 e. The molecule has 8 heteroatoms. The number of rotatable bonds is 7. The molecular weight excluding hydrogens is 344 g/mol. The van der Waals surface area contributed by atoms with Crippen LogP contribution in [-0.2, 0) is 13.0 Å². The number of pyridine rings is 1. The molecule has 0 unspecified atom stereocenters. The van der Waals surface area contributed by atoms with E-state index >= 15 is 0 Å². The van der Waals surface area contributed by atoms with E-state index < -0.39 is 0 Å². The average molecular weight is 370 g/mol. The molecule has 5 N–H and O–H groups in total. The van der Waals surface area contributed by atoms with Gasteiger partial charge in [-0.3, -0.25) is 0 Å². The quantitative estimate of drug-likeness (QED) is 0.473. The van der Waals surface area contributed by atoms with Gasteiger partial charge in [0.2, 0.25) is 0 Å². The molecule has 0 radical (unpaired) electrons. The van der Waals surface area contributed by atoms with Crippen LogP contribution in [0.3, 0.4) is 0 Å². The number of carbonyl (C=O) groups is 1. The lowest BCUT2D eigenvalue weighted by atomic mass is 10.2. The van der Waals surface area contributed by atoms with Crippen molar-refractivity contribution in [1.82, 2.24) is 25.2 Å². The maximum Gasteiger partial charge on any atom is 0.314 e. The third-order valence-corrected chi connectivity index (χ3v) is 4.29. The SMILES string of the molecule is CC(C)NC(=O)NCCCn1c(CCO)nc2c(N)nc3ccccc3c21. The Hall–Kier alpha value is -2.87. The van der Waals surface area contributed by atoms with Gasteiger partial charge < -0.3 is 26.0 Å². The van der Waals surface area contributed by atoms with Crippen LogP contribution in [0.25, 0.3) is 21.9 Å². The minimum absolute atomic E-state index is 0.00360. The normalized spacial score (nSPS) is 11.4. The monoisotopic (exact) mass is 370 g/mol. The third kappa shape index (κ3) is 4.11. The first kappa shape index (κ1) is 18.9. The number of hydrogen-bond donors (Lipinski definition) is 4. The summed E-state index contributed by atoms with van der Waals surface area (Å²) < 4.78 is 2.08. The van der Waals surface area contributed by atoms with Crippen LogP contribution in [0.1, 0.15) is 26.1 Å². The molecule has 0 bridgehead atoms. The van der Waals surface area contributed by atoms with Gasteiger partial charge in [-0.15, -0.1) is 0 Å². The summed E-state index contributed by atoms with van der Waals surface area (Å²) in [4.78, 5) is 20.8. The molecule has 0 spiro atoms. The molecule has 0 saturated heterocycles. The minimum Gasteiger partial charge on any atom is -0.396 e. The van der Waals surface area contributed by atoms with Crippen LogP contribution >= 0.6 is 0 Å². The molecule has 3 rings (SSSR count). The highest BCUT2D eigenvalue weighted by atomic mass is 16.3. The standard InChI is InChI=1S/C19H26N6O2/c1-12(2)22-19(27)21-9-5-10-25-15(8-11-26)24-16-17(25)13-6-3-4-7-14(13)23-18(16)20/h3-4,6-7,12,26H,5,8-11H2,1-2H3,(H2,20,23)(H2,21,22,27). The van der Waals surface area contributed by atoms with Crippen molar-refractivity contribution >= 4 is 33.8 Å². The fourth-order valence-corrected chi connectivity index (χ4v) is 3.19. The summed E-state index contributed by atoms with van der Waals surface area (Å²) in [7, 11) is 0. The highest BCUT2D eigenvalue weighted by molar-refractivity contribution is 6.06. The van der Waals surface area contributed by atoms with Crippen molar-refractivity contribution in [2.45, 2.75) is 39.3 Å². The van der Waals surface area contributed by atoms with E-state index in [0.717, 1.165) is 28.7 Å². The summed E-state index contributed by atoms with van der Waals surface area (Å²) in [5.41, 5.74) is 8.52. The maximum absolute atomic E-state index is 11.7. The van der Waals surface area contributed by atoms with Crippen LogP contribution in [0, 0.1) is 0 Å². The van der Waals surface area contributed by atoms with Crippen LogP contribution in [-0.4, -0.2) is 44.9 Å². The lowest BCUT2D eigenvalue weighted by molar-refractivity contribution is 0.238. The van der Waals surface area contributed by atoms with E-state index in [4.69, 9.17) is 5.73 Å². The molecule has 0 saturated carbocycles. The van der Waals surface area contributed by atoms with Gasteiger partial charge in [-0.2, -0.15) is 0 Å². The number of para-hydroxylation sites is 1. The number of nitrogens with two attached hydrogens (primary N) is 1. The Bertz CT molecular complexity index is 950. The summed E-state index contributed by atoms with van der Waals surface area (Å²) in [6.45, 7) is 5.03. The topological polar surface area (TPSA) is 118 Å². The van der Waals surface area contributed by atoms with Gasteiger partial charge in [-0.1, -0.05) is 18.2 Å². The number of aromatic nitrogens is 3. The van der Waals surface area contributed by atoms with Crippen molar-refractivity contribution < 1.29 is 9.90 Å². The minimum atomic E-state index is -0.171. The number of nitrogens with zero attached hydrogens (tertiary/aromatic N) is 3. The van der Waals surface area contributed by atoms with Gasteiger partial charge in [-0.25, -0.2) is 14.8 Å². The Morgan fingerprint density at radius 2 is 2.07 bits per heavy atom. The fourth-order valence-electron chi connectivity index (χ4n) is 3.19. The highest BCUT2D eigenvalue weighted by Gasteiger charge is 2.16. The summed E-state index contributed by atoms with van der Waals surface area (Å²) in [6, 6.07) is 7.73. The molecular formula is C19H26N6O2. The van der Waals surface area contributed by atoms with Gasteiger partial charge in [-0.05, 0) is 26.3 Å².